The van der Waals surface area contributed by atoms with Gasteiger partial charge in [-0.25, -0.2) is 9.07 Å². The minimum Gasteiger partial charge on any atom is -0.379 e. The summed E-state index contributed by atoms with van der Waals surface area (Å²) in [4.78, 5) is 2.50. The predicted molar refractivity (Wildman–Crippen MR) is 111 cm³/mol. The molecule has 5 rings (SSSR count). The van der Waals surface area contributed by atoms with E-state index in [1.807, 2.05) is 16.8 Å². The molecule has 0 spiro atoms. The number of nitrogens with zero attached hydrogens (tertiary/aromatic N) is 4. The Kier molecular flexibility index (Phi) is 5.20. The highest BCUT2D eigenvalue weighted by Gasteiger charge is 2.43. The summed E-state index contributed by atoms with van der Waals surface area (Å²) >= 11 is 1.67. The molecule has 7 heteroatoms. The summed E-state index contributed by atoms with van der Waals surface area (Å²) in [5, 5.41) is 13.0. The van der Waals surface area contributed by atoms with E-state index in [2.05, 4.69) is 38.2 Å². The first-order valence-electron chi connectivity index (χ1n) is 10.1. The van der Waals surface area contributed by atoms with Crippen molar-refractivity contribution >= 4 is 11.3 Å². The minimum atomic E-state index is -0.177. The van der Waals surface area contributed by atoms with Crippen molar-refractivity contribution in [2.45, 2.75) is 31.5 Å². The maximum atomic E-state index is 13.2. The van der Waals surface area contributed by atoms with Crippen LogP contribution in [-0.2, 0) is 11.3 Å². The Balaban J connectivity index is 1.29. The van der Waals surface area contributed by atoms with Crippen LogP contribution in [0.4, 0.5) is 4.39 Å². The van der Waals surface area contributed by atoms with Gasteiger partial charge >= 0.3 is 0 Å². The van der Waals surface area contributed by atoms with Gasteiger partial charge in [-0.1, -0.05) is 17.3 Å². The van der Waals surface area contributed by atoms with Crippen LogP contribution in [0.1, 0.15) is 24.4 Å². The van der Waals surface area contributed by atoms with Crippen LogP contribution in [-0.4, -0.2) is 46.2 Å². The second-order valence-corrected chi connectivity index (χ2v) is 9.03. The summed E-state index contributed by atoms with van der Waals surface area (Å²) in [6, 6.07) is 9.16. The van der Waals surface area contributed by atoms with E-state index in [-0.39, 0.29) is 18.0 Å². The van der Waals surface area contributed by atoms with Crippen LogP contribution >= 0.6 is 11.3 Å². The Morgan fingerprint density at radius 2 is 1.93 bits per heavy atom. The zero-order chi connectivity index (χ0) is 19.8. The van der Waals surface area contributed by atoms with Gasteiger partial charge in [-0.15, -0.1) is 5.10 Å². The third-order valence-corrected chi connectivity index (χ3v) is 7.13. The van der Waals surface area contributed by atoms with E-state index in [0.29, 0.717) is 11.8 Å². The smallest absolute Gasteiger partial charge is 0.123 e. The molecule has 0 radical (unpaired) electrons. The van der Waals surface area contributed by atoms with E-state index in [1.54, 1.807) is 30.6 Å². The van der Waals surface area contributed by atoms with Crippen LogP contribution in [0.3, 0.4) is 0 Å². The maximum absolute atomic E-state index is 13.2. The van der Waals surface area contributed by atoms with Gasteiger partial charge < -0.3 is 4.74 Å². The lowest BCUT2D eigenvalue weighted by atomic mass is 9.77. The Hall–Kier alpha value is -2.09. The lowest BCUT2D eigenvalue weighted by Gasteiger charge is -2.37. The number of hydrogen-bond acceptors (Lipinski definition) is 5. The summed E-state index contributed by atoms with van der Waals surface area (Å²) in [6.07, 6.45) is 4.30. The van der Waals surface area contributed by atoms with E-state index in [0.717, 1.165) is 43.7 Å². The Labute approximate surface area is 174 Å². The maximum Gasteiger partial charge on any atom is 0.123 e. The van der Waals surface area contributed by atoms with Gasteiger partial charge in [-0.3, -0.25) is 4.90 Å². The highest BCUT2D eigenvalue weighted by atomic mass is 32.1. The van der Waals surface area contributed by atoms with Gasteiger partial charge in [-0.2, -0.15) is 11.3 Å². The van der Waals surface area contributed by atoms with Crippen molar-refractivity contribution in [2.24, 2.45) is 11.8 Å². The molecule has 1 saturated carbocycles. The van der Waals surface area contributed by atoms with Gasteiger partial charge in [0.2, 0.25) is 0 Å². The summed E-state index contributed by atoms with van der Waals surface area (Å²) in [5.41, 5.74) is 3.21. The highest BCUT2D eigenvalue weighted by molar-refractivity contribution is 7.08. The molecule has 1 aromatic carbocycles. The largest absolute Gasteiger partial charge is 0.379 e. The van der Waals surface area contributed by atoms with Gasteiger partial charge in [0.1, 0.15) is 11.5 Å². The third-order valence-electron chi connectivity index (χ3n) is 6.45. The summed E-state index contributed by atoms with van der Waals surface area (Å²) in [5.74, 6) is 1.08. The first-order valence-corrected chi connectivity index (χ1v) is 11.1. The Morgan fingerprint density at radius 3 is 2.66 bits per heavy atom. The van der Waals surface area contributed by atoms with E-state index < -0.39 is 0 Å². The van der Waals surface area contributed by atoms with E-state index in [9.17, 15) is 4.39 Å². The summed E-state index contributed by atoms with van der Waals surface area (Å²) in [6.45, 7) is 3.02. The molecular weight excluding hydrogens is 387 g/mol. The number of thiophene rings is 1. The van der Waals surface area contributed by atoms with Gasteiger partial charge in [0, 0.05) is 37.7 Å². The topological polar surface area (TPSA) is 43.2 Å². The molecule has 4 atom stereocenters. The molecule has 3 heterocycles. The molecule has 2 aromatic heterocycles. The fourth-order valence-electron chi connectivity index (χ4n) is 4.98. The molecule has 152 valence electrons. The van der Waals surface area contributed by atoms with Gasteiger partial charge in [0.25, 0.3) is 0 Å². The van der Waals surface area contributed by atoms with Crippen molar-refractivity contribution in [3.8, 4) is 11.3 Å². The molecule has 3 aromatic rings. The molecule has 1 aliphatic carbocycles. The molecule has 1 saturated heterocycles. The van der Waals surface area contributed by atoms with Crippen LogP contribution in [0.25, 0.3) is 11.3 Å². The number of fused-ring (bicyclic) bond motifs is 1. The van der Waals surface area contributed by atoms with Crippen molar-refractivity contribution in [3.05, 3.63) is 58.7 Å². The predicted octanol–water partition coefficient (Wildman–Crippen LogP) is 4.24. The molecule has 2 fully saturated rings. The van der Waals surface area contributed by atoms with Crippen LogP contribution in [0.15, 0.2) is 47.3 Å². The second kappa shape index (κ2) is 7.97. The van der Waals surface area contributed by atoms with Crippen molar-refractivity contribution in [3.63, 3.8) is 0 Å². The fourth-order valence-corrected chi connectivity index (χ4v) is 5.63. The van der Waals surface area contributed by atoms with Gasteiger partial charge in [0.15, 0.2) is 0 Å². The molecular formula is C22H25FN4OS. The van der Waals surface area contributed by atoms with Crippen LogP contribution in [0.5, 0.6) is 0 Å². The number of ether oxygens (including phenoxy) is 1. The number of methoxy groups -OCH3 is 1. The summed E-state index contributed by atoms with van der Waals surface area (Å²) < 4.78 is 21.1. The minimum absolute atomic E-state index is 0.152. The molecule has 1 aliphatic heterocycles. The standard InChI is InChI=1S/C22H25FN4OS/c1-28-22-9-18-12-26(10-15-2-4-19(23)5-3-15)11-17(18)8-21(22)27-13-20(24-25-27)16-6-7-29-14-16/h2-7,13-14,17-18,21-22H,8-12H2,1H3/t17-,18+,21-,22-/m1/s1. The first-order chi connectivity index (χ1) is 14.2. The number of benzene rings is 1. The van der Waals surface area contributed by atoms with Crippen molar-refractivity contribution in [1.82, 2.24) is 19.9 Å². The molecule has 0 unspecified atom stereocenters. The third kappa shape index (κ3) is 3.86. The number of aromatic nitrogens is 3. The molecule has 5 nitrogen and oxygen atoms in total. The lowest BCUT2D eigenvalue weighted by molar-refractivity contribution is -0.00545. The molecule has 0 amide bonds. The normalized spacial score (nSPS) is 27.2. The zero-order valence-corrected chi connectivity index (χ0v) is 17.3. The molecule has 29 heavy (non-hydrogen) atoms. The SMILES string of the molecule is CO[C@@H]1C[C@H]2CN(Cc3ccc(F)cc3)C[C@H]2C[C@H]1n1cc(-c2ccsc2)nn1. The van der Waals surface area contributed by atoms with Crippen molar-refractivity contribution < 1.29 is 9.13 Å². The van der Waals surface area contributed by atoms with E-state index >= 15 is 0 Å². The van der Waals surface area contributed by atoms with E-state index in [4.69, 9.17) is 4.74 Å². The molecule has 0 bridgehead atoms. The summed E-state index contributed by atoms with van der Waals surface area (Å²) in [7, 11) is 1.81. The quantitative estimate of drug-likeness (QED) is 0.629. The van der Waals surface area contributed by atoms with Crippen LogP contribution in [0.2, 0.25) is 0 Å². The zero-order valence-electron chi connectivity index (χ0n) is 16.4. The van der Waals surface area contributed by atoms with Crippen molar-refractivity contribution in [1.29, 1.82) is 0 Å². The Bertz CT molecular complexity index is 942. The Morgan fingerprint density at radius 1 is 1.14 bits per heavy atom. The van der Waals surface area contributed by atoms with E-state index in [1.165, 1.54) is 5.56 Å². The van der Waals surface area contributed by atoms with Gasteiger partial charge in [-0.05, 0) is 53.8 Å². The number of halogens is 1. The highest BCUT2D eigenvalue weighted by Crippen LogP contribution is 2.42. The first kappa shape index (κ1) is 18.9. The van der Waals surface area contributed by atoms with Crippen LogP contribution in [0, 0.1) is 17.7 Å². The van der Waals surface area contributed by atoms with Crippen LogP contribution < -0.4 is 0 Å². The van der Waals surface area contributed by atoms with Crippen molar-refractivity contribution in [2.75, 3.05) is 20.2 Å². The number of likely N-dealkylation sites (tertiary alicyclic amines) is 1. The molecule has 2 aliphatic rings. The van der Waals surface area contributed by atoms with Gasteiger partial charge in [0.05, 0.1) is 18.3 Å². The number of hydrogen-bond donors (Lipinski definition) is 0. The fraction of sp³-hybridized carbons (Fsp3) is 0.455. The average molecular weight is 413 g/mol. The average Bonchev–Trinajstić information content (AvgIpc) is 3.48. The monoisotopic (exact) mass is 412 g/mol. The molecule has 0 N–H and O–H groups in total. The lowest BCUT2D eigenvalue weighted by Crippen LogP contribution is -2.37. The number of rotatable bonds is 5. The second-order valence-electron chi connectivity index (χ2n) is 8.25.